The highest BCUT2D eigenvalue weighted by Gasteiger charge is 2.35. The van der Waals surface area contributed by atoms with Gasteiger partial charge in [0.25, 0.3) is 0 Å². The molecule has 16 nitrogen and oxygen atoms in total. The van der Waals surface area contributed by atoms with Crippen LogP contribution in [0.2, 0.25) is 0 Å². The predicted octanol–water partition coefficient (Wildman–Crippen LogP) is -5.39. The minimum absolute atomic E-state index is 0.219. The number of hydrogen-bond acceptors (Lipinski definition) is 10. The van der Waals surface area contributed by atoms with Gasteiger partial charge in [0, 0.05) is 12.2 Å². The first-order chi connectivity index (χ1) is 16.8. The fourth-order valence-electron chi connectivity index (χ4n) is 3.08. The molecule has 1 fully saturated rings. The second-order valence-corrected chi connectivity index (χ2v) is 9.20. The molecule has 0 aromatic heterocycles. The molecule has 0 bridgehead atoms. The number of carboxylic acids is 1. The second-order valence-electron chi connectivity index (χ2n) is 8.02. The molecule has 1 aliphatic heterocycles. The summed E-state index contributed by atoms with van der Waals surface area (Å²) < 4.78 is 0. The van der Waals surface area contributed by atoms with E-state index in [2.05, 4.69) is 21.3 Å². The number of carbonyl (C=O) groups is 7. The Morgan fingerprint density at radius 3 is 2.03 bits per heavy atom. The van der Waals surface area contributed by atoms with Gasteiger partial charge >= 0.3 is 5.97 Å². The summed E-state index contributed by atoms with van der Waals surface area (Å²) in [6.07, 6.45) is -1.19. The average Bonchev–Trinajstić information content (AvgIpc) is 2.78. The zero-order valence-corrected chi connectivity index (χ0v) is 20.2. The number of aliphatic hydroxyl groups excluding tert-OH is 1. The summed E-state index contributed by atoms with van der Waals surface area (Å²) >= 11 is 0.671. The fraction of sp³-hybridized carbons (Fsp3) is 0.632. The SMILES string of the molecule is C[C@@H]1NC(=O)C(CO)NC(=O)[C@@H](N)CSC(C(=O)O)C(CCC(N)=O)NC(=O)C(CC(N)=O)NC1=O. The summed E-state index contributed by atoms with van der Waals surface area (Å²) in [5, 5.41) is 26.9. The smallest absolute Gasteiger partial charge is 0.318 e. The molecule has 1 aliphatic rings. The average molecular weight is 534 g/mol. The molecule has 0 aromatic rings. The Morgan fingerprint density at radius 1 is 0.917 bits per heavy atom. The largest absolute Gasteiger partial charge is 0.480 e. The molecule has 1 saturated heterocycles. The third kappa shape index (κ3) is 9.67. The van der Waals surface area contributed by atoms with E-state index in [-0.39, 0.29) is 18.6 Å². The highest BCUT2D eigenvalue weighted by atomic mass is 32.2. The van der Waals surface area contributed by atoms with Crippen LogP contribution in [0.3, 0.4) is 0 Å². The van der Waals surface area contributed by atoms with Gasteiger partial charge in [-0.25, -0.2) is 0 Å². The monoisotopic (exact) mass is 533 g/mol. The number of nitrogens with one attached hydrogen (secondary N) is 4. The van der Waals surface area contributed by atoms with Crippen LogP contribution in [0.25, 0.3) is 0 Å². The predicted molar refractivity (Wildman–Crippen MR) is 125 cm³/mol. The lowest BCUT2D eigenvalue weighted by molar-refractivity contribution is -0.138. The summed E-state index contributed by atoms with van der Waals surface area (Å²) in [7, 11) is 0. The molecule has 4 unspecified atom stereocenters. The quantitative estimate of drug-likeness (QED) is 0.149. The Hall–Kier alpha value is -3.44. The van der Waals surface area contributed by atoms with Crippen molar-refractivity contribution in [1.82, 2.24) is 21.3 Å². The molecule has 0 aromatic carbocycles. The summed E-state index contributed by atoms with van der Waals surface area (Å²) in [6, 6.07) is -6.89. The van der Waals surface area contributed by atoms with Crippen molar-refractivity contribution in [3.05, 3.63) is 0 Å². The van der Waals surface area contributed by atoms with Crippen LogP contribution in [0, 0.1) is 0 Å². The van der Waals surface area contributed by atoms with Crippen molar-refractivity contribution in [1.29, 1.82) is 0 Å². The van der Waals surface area contributed by atoms with Crippen LogP contribution in [-0.4, -0.2) is 99.4 Å². The van der Waals surface area contributed by atoms with E-state index in [0.29, 0.717) is 11.8 Å². The highest BCUT2D eigenvalue weighted by Crippen LogP contribution is 2.20. The Labute approximate surface area is 209 Å². The van der Waals surface area contributed by atoms with E-state index < -0.39 is 89.9 Å². The van der Waals surface area contributed by atoms with Gasteiger partial charge in [-0.05, 0) is 13.3 Å². The van der Waals surface area contributed by atoms with Crippen LogP contribution in [0.1, 0.15) is 26.2 Å². The summed E-state index contributed by atoms with van der Waals surface area (Å²) in [5.41, 5.74) is 16.2. The minimum atomic E-state index is -1.55. The van der Waals surface area contributed by atoms with Crippen molar-refractivity contribution in [2.75, 3.05) is 12.4 Å². The highest BCUT2D eigenvalue weighted by molar-refractivity contribution is 8.00. The normalized spacial score (nSPS) is 28.8. The van der Waals surface area contributed by atoms with E-state index in [4.69, 9.17) is 17.2 Å². The number of aliphatic carboxylic acids is 1. The van der Waals surface area contributed by atoms with Crippen molar-refractivity contribution < 1.29 is 43.8 Å². The van der Waals surface area contributed by atoms with Gasteiger partial charge in [0.15, 0.2) is 0 Å². The maximum atomic E-state index is 12.9. The van der Waals surface area contributed by atoms with Gasteiger partial charge in [-0.3, -0.25) is 33.6 Å². The maximum Gasteiger partial charge on any atom is 0.318 e. The third-order valence-electron chi connectivity index (χ3n) is 5.04. The summed E-state index contributed by atoms with van der Waals surface area (Å²) in [6.45, 7) is 0.399. The molecule has 202 valence electrons. The Bertz CT molecular complexity index is 887. The number of nitrogens with two attached hydrogens (primary N) is 3. The molecule has 0 saturated carbocycles. The van der Waals surface area contributed by atoms with Crippen molar-refractivity contribution in [3.8, 4) is 0 Å². The van der Waals surface area contributed by atoms with Gasteiger partial charge in [-0.15, -0.1) is 11.8 Å². The number of primary amides is 2. The molecule has 12 N–H and O–H groups in total. The molecule has 1 heterocycles. The Balaban J connectivity index is 3.40. The van der Waals surface area contributed by atoms with Crippen LogP contribution >= 0.6 is 11.8 Å². The first-order valence-electron chi connectivity index (χ1n) is 10.8. The lowest BCUT2D eigenvalue weighted by atomic mass is 10.1. The molecule has 0 spiro atoms. The van der Waals surface area contributed by atoms with E-state index in [9.17, 15) is 43.8 Å². The van der Waals surface area contributed by atoms with Gasteiger partial charge in [0.05, 0.1) is 25.1 Å². The molecule has 6 atom stereocenters. The summed E-state index contributed by atoms with van der Waals surface area (Å²) in [5.74, 6) is -7.17. The number of aliphatic hydroxyl groups is 1. The lowest BCUT2D eigenvalue weighted by Gasteiger charge is -2.29. The number of carbonyl (C=O) groups excluding carboxylic acids is 6. The lowest BCUT2D eigenvalue weighted by Crippen LogP contribution is -2.60. The number of thioether (sulfide) groups is 1. The Kier molecular flexibility index (Phi) is 12.1. The molecule has 0 aliphatic carbocycles. The van der Waals surface area contributed by atoms with Crippen molar-refractivity contribution in [2.24, 2.45) is 17.2 Å². The topological polar surface area (TPSA) is 286 Å². The Morgan fingerprint density at radius 2 is 1.50 bits per heavy atom. The molecule has 0 radical (unpaired) electrons. The van der Waals surface area contributed by atoms with Crippen LogP contribution in [0.15, 0.2) is 0 Å². The van der Waals surface area contributed by atoms with Gasteiger partial charge < -0.3 is 48.7 Å². The molecule has 36 heavy (non-hydrogen) atoms. The van der Waals surface area contributed by atoms with Crippen LogP contribution in [0.4, 0.5) is 0 Å². The van der Waals surface area contributed by atoms with Crippen LogP contribution < -0.4 is 38.5 Å². The van der Waals surface area contributed by atoms with Gasteiger partial charge in [-0.1, -0.05) is 0 Å². The van der Waals surface area contributed by atoms with Crippen molar-refractivity contribution in [2.45, 2.75) is 61.6 Å². The maximum absolute atomic E-state index is 12.9. The molecular weight excluding hydrogens is 502 g/mol. The second kappa shape index (κ2) is 14.2. The van der Waals surface area contributed by atoms with E-state index in [1.165, 1.54) is 6.92 Å². The van der Waals surface area contributed by atoms with E-state index in [0.717, 1.165) is 0 Å². The third-order valence-corrected chi connectivity index (χ3v) is 6.48. The summed E-state index contributed by atoms with van der Waals surface area (Å²) in [4.78, 5) is 85.1. The van der Waals surface area contributed by atoms with Gasteiger partial charge in [0.1, 0.15) is 23.4 Å². The molecule has 6 amide bonds. The van der Waals surface area contributed by atoms with Gasteiger partial charge in [-0.2, -0.15) is 0 Å². The fourth-order valence-corrected chi connectivity index (χ4v) is 4.23. The minimum Gasteiger partial charge on any atom is -0.480 e. The van der Waals surface area contributed by atoms with Crippen molar-refractivity contribution in [3.63, 3.8) is 0 Å². The van der Waals surface area contributed by atoms with E-state index >= 15 is 0 Å². The number of hydrogen-bond donors (Lipinski definition) is 9. The zero-order valence-electron chi connectivity index (χ0n) is 19.4. The van der Waals surface area contributed by atoms with Gasteiger partial charge in [0.2, 0.25) is 35.4 Å². The van der Waals surface area contributed by atoms with Crippen molar-refractivity contribution >= 4 is 53.2 Å². The number of rotatable bonds is 7. The molecule has 17 heteroatoms. The molecule has 1 rings (SSSR count). The first kappa shape index (κ1) is 30.6. The van der Waals surface area contributed by atoms with Crippen LogP contribution in [-0.2, 0) is 33.6 Å². The number of carboxylic acid groups (broad SMARTS) is 1. The van der Waals surface area contributed by atoms with E-state index in [1.807, 2.05) is 0 Å². The zero-order chi connectivity index (χ0) is 27.6. The number of amides is 6. The van der Waals surface area contributed by atoms with E-state index in [1.54, 1.807) is 0 Å². The standard InChI is InChI=1S/C19H31N7O9S/c1-7-15(30)25-10(4-13(22)29)17(32)24-9(2-3-12(21)28)14(19(34)35)36-6-8(20)16(31)26-11(5-27)18(33)23-7/h7-11,14,27H,2-6,20H2,1H3,(H2,21,28)(H2,22,29)(H,23,33)(H,24,32)(H,25,30)(H,26,31)(H,34,35)/t7-,8-,9?,10?,11?,14?/m0/s1. The molecular formula is C19H31N7O9S. The first-order valence-corrected chi connectivity index (χ1v) is 11.8. The van der Waals surface area contributed by atoms with Crippen LogP contribution in [0.5, 0.6) is 0 Å².